The molecule has 0 aliphatic carbocycles. The Bertz CT molecular complexity index is 458. The Hall–Kier alpha value is -1.38. The van der Waals surface area contributed by atoms with Crippen LogP contribution in [0.5, 0.6) is 0 Å². The van der Waals surface area contributed by atoms with E-state index in [0.717, 1.165) is 36.0 Å². The summed E-state index contributed by atoms with van der Waals surface area (Å²) in [5.74, 6) is 0.590. The maximum atomic E-state index is 12.5. The molecular weight excluding hydrogens is 286 g/mol. The Balaban J connectivity index is 5.51. The minimum atomic E-state index is -0.0179. The van der Waals surface area contributed by atoms with Crippen molar-refractivity contribution in [2.75, 3.05) is 6.54 Å². The maximum Gasteiger partial charge on any atom is 0.220 e. The molecule has 0 aromatic rings. The van der Waals surface area contributed by atoms with Gasteiger partial charge in [-0.15, -0.1) is 0 Å². The molecule has 3 nitrogen and oxygen atoms in total. The molecule has 23 heavy (non-hydrogen) atoms. The van der Waals surface area contributed by atoms with Crippen LogP contribution in [0.2, 0.25) is 0 Å². The summed E-state index contributed by atoms with van der Waals surface area (Å²) in [5.41, 5.74) is 3.07. The van der Waals surface area contributed by atoms with Crippen molar-refractivity contribution in [2.24, 2.45) is 11.8 Å². The Labute approximate surface area is 142 Å². The highest BCUT2D eigenvalue weighted by Crippen LogP contribution is 2.21. The molecule has 1 atom stereocenters. The summed E-state index contributed by atoms with van der Waals surface area (Å²) in [6, 6.07) is 0. The first-order valence-electron chi connectivity index (χ1n) is 8.99. The molecule has 0 aromatic carbocycles. The first-order valence-corrected chi connectivity index (χ1v) is 8.99. The molecule has 0 fully saturated rings. The molecule has 0 saturated heterocycles. The van der Waals surface area contributed by atoms with Gasteiger partial charge >= 0.3 is 0 Å². The van der Waals surface area contributed by atoms with E-state index in [9.17, 15) is 9.59 Å². The molecular formula is C20H35NO2. The van der Waals surface area contributed by atoms with Crippen molar-refractivity contribution in [1.82, 2.24) is 5.32 Å². The first kappa shape index (κ1) is 21.6. The summed E-state index contributed by atoms with van der Waals surface area (Å²) >= 11 is 0. The van der Waals surface area contributed by atoms with Gasteiger partial charge < -0.3 is 5.32 Å². The average Bonchev–Trinajstić information content (AvgIpc) is 2.53. The number of amides is 1. The van der Waals surface area contributed by atoms with Crippen molar-refractivity contribution in [3.63, 3.8) is 0 Å². The van der Waals surface area contributed by atoms with Crippen LogP contribution >= 0.6 is 0 Å². The predicted octanol–water partition coefficient (Wildman–Crippen LogP) is 4.83. The van der Waals surface area contributed by atoms with Gasteiger partial charge in [-0.3, -0.25) is 9.59 Å². The Morgan fingerprint density at radius 2 is 1.70 bits per heavy atom. The van der Waals surface area contributed by atoms with E-state index in [2.05, 4.69) is 26.1 Å². The fraction of sp³-hybridized carbons (Fsp3) is 0.700. The van der Waals surface area contributed by atoms with Crippen LogP contribution in [0.4, 0.5) is 0 Å². The zero-order valence-electron chi connectivity index (χ0n) is 16.1. The molecule has 0 spiro atoms. The van der Waals surface area contributed by atoms with E-state index in [0.29, 0.717) is 18.9 Å². The number of hydrogen-bond donors (Lipinski definition) is 1. The number of nitrogens with one attached hydrogen (secondary N) is 1. The van der Waals surface area contributed by atoms with Crippen LogP contribution in [0.15, 0.2) is 22.8 Å². The van der Waals surface area contributed by atoms with Crippen LogP contribution in [0.25, 0.3) is 0 Å². The standard InChI is InChI=1S/C20H35NO2/c1-8-11-19(22)21-13-17(15(6)9-2)12-18(16(7)10-3)20(23)14(4)5/h12,14-15H,8-11,13H2,1-7H3,(H,21,22)/b17-12-,18-16-. The molecule has 0 aliphatic heterocycles. The number of carbonyl (C=O) groups is 2. The summed E-state index contributed by atoms with van der Waals surface area (Å²) in [7, 11) is 0. The molecule has 0 heterocycles. The molecule has 1 N–H and O–H groups in total. The molecule has 0 bridgehead atoms. The van der Waals surface area contributed by atoms with Gasteiger partial charge in [0.15, 0.2) is 5.78 Å². The highest BCUT2D eigenvalue weighted by Gasteiger charge is 2.17. The summed E-state index contributed by atoms with van der Waals surface area (Å²) < 4.78 is 0. The van der Waals surface area contributed by atoms with Gasteiger partial charge in [0.25, 0.3) is 0 Å². The third kappa shape index (κ3) is 7.62. The predicted molar refractivity (Wildman–Crippen MR) is 98.3 cm³/mol. The lowest BCUT2D eigenvalue weighted by atomic mass is 9.90. The Morgan fingerprint density at radius 1 is 1.09 bits per heavy atom. The molecule has 132 valence electrons. The Morgan fingerprint density at radius 3 is 2.13 bits per heavy atom. The van der Waals surface area contributed by atoms with Gasteiger partial charge in [0.2, 0.25) is 5.91 Å². The number of ketones is 1. The van der Waals surface area contributed by atoms with Crippen LogP contribution in [0, 0.1) is 11.8 Å². The second kappa shape index (κ2) is 11.2. The maximum absolute atomic E-state index is 12.5. The Kier molecular flexibility index (Phi) is 10.5. The van der Waals surface area contributed by atoms with E-state index in [1.807, 2.05) is 33.8 Å². The largest absolute Gasteiger partial charge is 0.352 e. The molecule has 1 unspecified atom stereocenters. The number of carbonyl (C=O) groups excluding carboxylic acids is 2. The first-order chi connectivity index (χ1) is 10.8. The van der Waals surface area contributed by atoms with Crippen molar-refractivity contribution in [3.8, 4) is 0 Å². The van der Waals surface area contributed by atoms with E-state index < -0.39 is 0 Å². The van der Waals surface area contributed by atoms with Crippen LogP contribution in [0.3, 0.4) is 0 Å². The van der Waals surface area contributed by atoms with Gasteiger partial charge in [0.1, 0.15) is 0 Å². The lowest BCUT2D eigenvalue weighted by Crippen LogP contribution is -2.27. The average molecular weight is 322 g/mol. The van der Waals surface area contributed by atoms with Crippen LogP contribution < -0.4 is 5.32 Å². The number of allylic oxidation sites excluding steroid dienone is 3. The topological polar surface area (TPSA) is 46.2 Å². The number of Topliss-reactive ketones (excluding diaryl/α,β-unsaturated/α-hetero) is 1. The van der Waals surface area contributed by atoms with Crippen molar-refractivity contribution in [1.29, 1.82) is 0 Å². The second-order valence-corrected chi connectivity index (χ2v) is 6.62. The van der Waals surface area contributed by atoms with Crippen LogP contribution in [0.1, 0.15) is 74.1 Å². The van der Waals surface area contributed by atoms with Crippen LogP contribution in [-0.2, 0) is 9.59 Å². The summed E-state index contributed by atoms with van der Waals surface area (Å²) in [6.45, 7) is 14.8. The summed E-state index contributed by atoms with van der Waals surface area (Å²) in [6.07, 6.45) is 5.28. The molecule has 0 aliphatic rings. The van der Waals surface area contributed by atoms with Crippen molar-refractivity contribution in [3.05, 3.63) is 22.8 Å². The molecule has 0 aromatic heterocycles. The number of hydrogen-bond acceptors (Lipinski definition) is 2. The normalized spacial score (nSPS) is 14.5. The molecule has 3 heteroatoms. The van der Waals surface area contributed by atoms with Gasteiger partial charge in [-0.05, 0) is 37.7 Å². The van der Waals surface area contributed by atoms with E-state index >= 15 is 0 Å². The highest BCUT2D eigenvalue weighted by molar-refractivity contribution is 6.00. The van der Waals surface area contributed by atoms with E-state index in [1.54, 1.807) is 0 Å². The summed E-state index contributed by atoms with van der Waals surface area (Å²) in [4.78, 5) is 24.3. The van der Waals surface area contributed by atoms with Crippen molar-refractivity contribution >= 4 is 11.7 Å². The fourth-order valence-corrected chi connectivity index (χ4v) is 2.24. The van der Waals surface area contributed by atoms with E-state index in [-0.39, 0.29) is 17.6 Å². The van der Waals surface area contributed by atoms with Crippen molar-refractivity contribution in [2.45, 2.75) is 74.1 Å². The van der Waals surface area contributed by atoms with E-state index in [4.69, 9.17) is 0 Å². The lowest BCUT2D eigenvalue weighted by molar-refractivity contribution is -0.121. The van der Waals surface area contributed by atoms with Gasteiger partial charge in [-0.2, -0.15) is 0 Å². The SMILES string of the molecule is CCCC(=O)NC/C(=C/C(C(=O)C(C)C)=C(\C)CC)C(C)CC. The van der Waals surface area contributed by atoms with Crippen molar-refractivity contribution < 1.29 is 9.59 Å². The molecule has 1 amide bonds. The number of rotatable bonds is 10. The van der Waals surface area contributed by atoms with Gasteiger partial charge in [-0.1, -0.05) is 53.2 Å². The van der Waals surface area contributed by atoms with Gasteiger partial charge in [0, 0.05) is 24.5 Å². The van der Waals surface area contributed by atoms with Gasteiger partial charge in [-0.25, -0.2) is 0 Å². The minimum absolute atomic E-state index is 0.0179. The minimum Gasteiger partial charge on any atom is -0.352 e. The monoisotopic (exact) mass is 321 g/mol. The fourth-order valence-electron chi connectivity index (χ4n) is 2.24. The smallest absolute Gasteiger partial charge is 0.220 e. The van der Waals surface area contributed by atoms with Gasteiger partial charge in [0.05, 0.1) is 0 Å². The zero-order chi connectivity index (χ0) is 18.0. The van der Waals surface area contributed by atoms with E-state index in [1.165, 1.54) is 0 Å². The van der Waals surface area contributed by atoms with Crippen LogP contribution in [-0.4, -0.2) is 18.2 Å². The lowest BCUT2D eigenvalue weighted by Gasteiger charge is -2.18. The quantitative estimate of drug-likeness (QED) is 0.463. The second-order valence-electron chi connectivity index (χ2n) is 6.62. The molecule has 0 radical (unpaired) electrons. The zero-order valence-corrected chi connectivity index (χ0v) is 16.1. The third-order valence-corrected chi connectivity index (χ3v) is 4.32. The molecule has 0 saturated carbocycles. The highest BCUT2D eigenvalue weighted by atomic mass is 16.1. The third-order valence-electron chi connectivity index (χ3n) is 4.32. The summed E-state index contributed by atoms with van der Waals surface area (Å²) in [5, 5.41) is 2.99. The molecule has 0 rings (SSSR count).